The fraction of sp³-hybridized carbons (Fsp3) is 0.308. The molecule has 1 aromatic carbocycles. The fourth-order valence-corrected chi connectivity index (χ4v) is 2.75. The van der Waals surface area contributed by atoms with Gasteiger partial charge < -0.3 is 10.6 Å². The Hall–Kier alpha value is -1.29. The lowest BCUT2D eigenvalue weighted by Gasteiger charge is -2.19. The number of rotatable bonds is 1. The maximum absolute atomic E-state index is 6.01. The molecule has 0 unspecified atom stereocenters. The summed E-state index contributed by atoms with van der Waals surface area (Å²) < 4.78 is 0.968. The first kappa shape index (κ1) is 10.8. The minimum Gasteiger partial charge on any atom is -0.398 e. The van der Waals surface area contributed by atoms with Crippen LogP contribution in [0.25, 0.3) is 10.9 Å². The molecule has 3 rings (SSSR count). The molecule has 1 aromatic heterocycles. The minimum atomic E-state index is 0.789. The number of pyridine rings is 1. The molecule has 4 heteroatoms. The van der Waals surface area contributed by atoms with Gasteiger partial charge >= 0.3 is 0 Å². The van der Waals surface area contributed by atoms with Crippen LogP contribution in [0.15, 0.2) is 28.9 Å². The maximum Gasteiger partial charge on any atom is 0.0956 e. The largest absolute Gasteiger partial charge is 0.398 e. The van der Waals surface area contributed by atoms with Crippen molar-refractivity contribution in [2.24, 2.45) is 0 Å². The highest BCUT2D eigenvalue weighted by atomic mass is 79.9. The third kappa shape index (κ3) is 1.86. The second-order valence-electron chi connectivity index (χ2n) is 4.42. The van der Waals surface area contributed by atoms with E-state index in [2.05, 4.69) is 31.9 Å². The van der Waals surface area contributed by atoms with E-state index in [1.54, 1.807) is 0 Å². The number of fused-ring (bicyclic) bond motifs is 1. The Labute approximate surface area is 109 Å². The Balaban J connectivity index is 2.22. The second-order valence-corrected chi connectivity index (χ2v) is 5.33. The molecule has 2 N–H and O–H groups in total. The summed E-state index contributed by atoms with van der Waals surface area (Å²) in [5.74, 6) is 0. The quantitative estimate of drug-likeness (QED) is 0.821. The van der Waals surface area contributed by atoms with Gasteiger partial charge in [-0.15, -0.1) is 0 Å². The zero-order chi connectivity index (χ0) is 11.8. The average molecular weight is 292 g/mol. The predicted octanol–water partition coefficient (Wildman–Crippen LogP) is 3.18. The Bertz CT molecular complexity index is 562. The Kier molecular flexibility index (Phi) is 2.67. The van der Waals surface area contributed by atoms with Crippen molar-refractivity contribution in [1.29, 1.82) is 0 Å². The van der Waals surface area contributed by atoms with Gasteiger partial charge in [-0.25, -0.2) is 0 Å². The molecule has 3 nitrogen and oxygen atoms in total. The number of hydrogen-bond acceptors (Lipinski definition) is 3. The molecular weight excluding hydrogens is 278 g/mol. The number of halogens is 1. The molecule has 2 aromatic rings. The van der Waals surface area contributed by atoms with E-state index in [1.807, 2.05) is 18.3 Å². The van der Waals surface area contributed by atoms with E-state index < -0.39 is 0 Å². The molecule has 0 saturated carbocycles. The molecule has 17 heavy (non-hydrogen) atoms. The summed E-state index contributed by atoms with van der Waals surface area (Å²) in [7, 11) is 0. The summed E-state index contributed by atoms with van der Waals surface area (Å²) >= 11 is 3.44. The van der Waals surface area contributed by atoms with Crippen LogP contribution in [0.4, 0.5) is 11.4 Å². The van der Waals surface area contributed by atoms with Crippen molar-refractivity contribution in [3.8, 4) is 0 Å². The standard InChI is InChI=1S/C13H14BrN3/c14-9-7-10-11(15)3-4-12(13(10)16-8-9)17-5-1-2-6-17/h3-4,7-8H,1-2,5-6,15H2. The Morgan fingerprint density at radius 1 is 1.24 bits per heavy atom. The molecule has 88 valence electrons. The van der Waals surface area contributed by atoms with Crippen molar-refractivity contribution >= 4 is 38.2 Å². The zero-order valence-electron chi connectivity index (χ0n) is 9.49. The van der Waals surface area contributed by atoms with E-state index in [4.69, 9.17) is 5.73 Å². The molecule has 0 radical (unpaired) electrons. The smallest absolute Gasteiger partial charge is 0.0956 e. The molecule has 0 bridgehead atoms. The third-order valence-corrected chi connectivity index (χ3v) is 3.71. The Morgan fingerprint density at radius 2 is 2.00 bits per heavy atom. The lowest BCUT2D eigenvalue weighted by Crippen LogP contribution is -2.18. The van der Waals surface area contributed by atoms with Gasteiger partial charge in [0.05, 0.1) is 11.2 Å². The van der Waals surface area contributed by atoms with Gasteiger partial charge in [-0.1, -0.05) is 0 Å². The van der Waals surface area contributed by atoms with Crippen LogP contribution in [-0.4, -0.2) is 18.1 Å². The molecular formula is C13H14BrN3. The van der Waals surface area contributed by atoms with Crippen molar-refractivity contribution < 1.29 is 0 Å². The first-order valence-electron chi connectivity index (χ1n) is 5.84. The highest BCUT2D eigenvalue weighted by molar-refractivity contribution is 9.10. The van der Waals surface area contributed by atoms with Crippen molar-refractivity contribution in [1.82, 2.24) is 4.98 Å². The van der Waals surface area contributed by atoms with Gasteiger partial charge in [-0.05, 0) is 47.0 Å². The monoisotopic (exact) mass is 291 g/mol. The van der Waals surface area contributed by atoms with Crippen LogP contribution in [0.2, 0.25) is 0 Å². The normalized spacial score (nSPS) is 15.7. The summed E-state index contributed by atoms with van der Waals surface area (Å²) in [4.78, 5) is 6.91. The van der Waals surface area contributed by atoms with Gasteiger partial charge in [0.15, 0.2) is 0 Å². The third-order valence-electron chi connectivity index (χ3n) is 3.28. The summed E-state index contributed by atoms with van der Waals surface area (Å²) in [6.45, 7) is 2.24. The topological polar surface area (TPSA) is 42.1 Å². The first-order chi connectivity index (χ1) is 8.25. The van der Waals surface area contributed by atoms with Gasteiger partial charge in [0.25, 0.3) is 0 Å². The molecule has 1 aliphatic rings. The molecule has 0 amide bonds. The van der Waals surface area contributed by atoms with E-state index in [1.165, 1.54) is 18.5 Å². The summed E-state index contributed by atoms with van der Waals surface area (Å²) in [5, 5.41) is 1.03. The lowest BCUT2D eigenvalue weighted by atomic mass is 10.1. The summed E-state index contributed by atoms with van der Waals surface area (Å²) in [6.07, 6.45) is 4.37. The van der Waals surface area contributed by atoms with Gasteiger partial charge in [0, 0.05) is 34.8 Å². The van der Waals surface area contributed by atoms with Crippen LogP contribution >= 0.6 is 15.9 Å². The maximum atomic E-state index is 6.01. The van der Waals surface area contributed by atoms with Gasteiger partial charge in [0.2, 0.25) is 0 Å². The number of benzene rings is 1. The van der Waals surface area contributed by atoms with Gasteiger partial charge in [0.1, 0.15) is 0 Å². The van der Waals surface area contributed by atoms with Crippen LogP contribution in [-0.2, 0) is 0 Å². The number of nitrogens with zero attached hydrogens (tertiary/aromatic N) is 2. The van der Waals surface area contributed by atoms with Crippen LogP contribution in [0.5, 0.6) is 0 Å². The summed E-state index contributed by atoms with van der Waals surface area (Å²) in [6, 6.07) is 6.10. The van der Waals surface area contributed by atoms with E-state index in [0.717, 1.165) is 34.2 Å². The van der Waals surface area contributed by atoms with Crippen LogP contribution in [0.1, 0.15) is 12.8 Å². The number of anilines is 2. The van der Waals surface area contributed by atoms with Crippen LogP contribution < -0.4 is 10.6 Å². The van der Waals surface area contributed by atoms with Gasteiger partial charge in [-0.3, -0.25) is 4.98 Å². The van der Waals surface area contributed by atoms with E-state index in [0.29, 0.717) is 0 Å². The second kappa shape index (κ2) is 4.18. The molecule has 0 aliphatic carbocycles. The van der Waals surface area contributed by atoms with Crippen molar-refractivity contribution in [3.05, 3.63) is 28.9 Å². The van der Waals surface area contributed by atoms with E-state index in [-0.39, 0.29) is 0 Å². The van der Waals surface area contributed by atoms with Crippen LogP contribution in [0.3, 0.4) is 0 Å². The average Bonchev–Trinajstić information content (AvgIpc) is 2.84. The van der Waals surface area contributed by atoms with Crippen molar-refractivity contribution in [3.63, 3.8) is 0 Å². The molecule has 0 atom stereocenters. The first-order valence-corrected chi connectivity index (χ1v) is 6.64. The number of hydrogen-bond donors (Lipinski definition) is 1. The predicted molar refractivity (Wildman–Crippen MR) is 75.3 cm³/mol. The Morgan fingerprint density at radius 3 is 2.76 bits per heavy atom. The van der Waals surface area contributed by atoms with Crippen molar-refractivity contribution in [2.45, 2.75) is 12.8 Å². The van der Waals surface area contributed by atoms with E-state index in [9.17, 15) is 0 Å². The number of nitrogen functional groups attached to an aromatic ring is 1. The molecule has 2 heterocycles. The fourth-order valence-electron chi connectivity index (χ4n) is 2.41. The molecule has 1 aliphatic heterocycles. The van der Waals surface area contributed by atoms with Crippen LogP contribution in [0, 0.1) is 0 Å². The van der Waals surface area contributed by atoms with Gasteiger partial charge in [-0.2, -0.15) is 0 Å². The molecule has 0 spiro atoms. The number of nitrogens with two attached hydrogens (primary N) is 1. The number of aromatic nitrogens is 1. The van der Waals surface area contributed by atoms with Crippen molar-refractivity contribution in [2.75, 3.05) is 23.7 Å². The minimum absolute atomic E-state index is 0.789. The SMILES string of the molecule is Nc1ccc(N2CCCC2)c2ncc(Br)cc12. The van der Waals surface area contributed by atoms with E-state index >= 15 is 0 Å². The molecule has 1 saturated heterocycles. The molecule has 1 fully saturated rings. The lowest BCUT2D eigenvalue weighted by molar-refractivity contribution is 0.949. The zero-order valence-corrected chi connectivity index (χ0v) is 11.1. The summed E-state index contributed by atoms with van der Waals surface area (Å²) in [5.41, 5.74) is 9.02. The highest BCUT2D eigenvalue weighted by Gasteiger charge is 2.16. The highest BCUT2D eigenvalue weighted by Crippen LogP contribution is 2.32.